The molecular formula is C14H27NO3. The minimum Gasteiger partial charge on any atom is -0.481 e. The van der Waals surface area contributed by atoms with Crippen molar-refractivity contribution in [1.29, 1.82) is 0 Å². The number of carbonyl (C=O) groups excluding carboxylic acids is 1. The maximum absolute atomic E-state index is 10.7. The average Bonchev–Trinajstić information content (AvgIpc) is 2.12. The molecule has 0 rings (SSSR count). The third-order valence-corrected chi connectivity index (χ3v) is 3.39. The fourth-order valence-corrected chi connectivity index (χ4v) is 2.04. The van der Waals surface area contributed by atoms with E-state index in [1.54, 1.807) is 0 Å². The molecule has 0 atom stereocenters. The monoisotopic (exact) mass is 257 g/mol. The largest absolute Gasteiger partial charge is 0.481 e. The lowest BCUT2D eigenvalue weighted by Gasteiger charge is -2.30. The second-order valence-electron chi connectivity index (χ2n) is 6.72. The summed E-state index contributed by atoms with van der Waals surface area (Å²) < 4.78 is 0. The summed E-state index contributed by atoms with van der Waals surface area (Å²) in [5.41, 5.74) is 5.07. The quantitative estimate of drug-likeness (QED) is 0.666. The Morgan fingerprint density at radius 2 is 1.50 bits per heavy atom. The van der Waals surface area contributed by atoms with Gasteiger partial charge in [0.15, 0.2) is 0 Å². The predicted molar refractivity (Wildman–Crippen MR) is 72.1 cm³/mol. The van der Waals surface area contributed by atoms with Gasteiger partial charge in [-0.25, -0.2) is 0 Å². The molecule has 0 radical (unpaired) electrons. The van der Waals surface area contributed by atoms with Gasteiger partial charge in [0.25, 0.3) is 0 Å². The van der Waals surface area contributed by atoms with Crippen LogP contribution in [0.4, 0.5) is 0 Å². The van der Waals surface area contributed by atoms with E-state index in [-0.39, 0.29) is 23.2 Å². The Labute approximate surface area is 110 Å². The smallest absolute Gasteiger partial charge is 0.303 e. The number of carboxylic acids is 1. The van der Waals surface area contributed by atoms with Gasteiger partial charge in [0.05, 0.1) is 6.42 Å². The second kappa shape index (κ2) is 6.76. The first-order chi connectivity index (χ1) is 8.04. The van der Waals surface area contributed by atoms with Crippen molar-refractivity contribution in [3.63, 3.8) is 0 Å². The SMILES string of the molecule is CC(C)(CCCC(N)=O)CCC(C)(C)CC(=O)O. The zero-order chi connectivity index (χ0) is 14.4. The van der Waals surface area contributed by atoms with Gasteiger partial charge >= 0.3 is 5.97 Å². The second-order valence-corrected chi connectivity index (χ2v) is 6.72. The van der Waals surface area contributed by atoms with Crippen LogP contribution < -0.4 is 5.73 Å². The zero-order valence-electron chi connectivity index (χ0n) is 12.1. The average molecular weight is 257 g/mol. The summed E-state index contributed by atoms with van der Waals surface area (Å²) in [6.07, 6.45) is 4.22. The number of carboxylic acid groups (broad SMARTS) is 1. The molecule has 0 unspecified atom stereocenters. The van der Waals surface area contributed by atoms with Crippen LogP contribution in [0.3, 0.4) is 0 Å². The highest BCUT2D eigenvalue weighted by Gasteiger charge is 2.26. The van der Waals surface area contributed by atoms with Crippen LogP contribution in [0.5, 0.6) is 0 Å². The number of aliphatic carboxylic acids is 1. The van der Waals surface area contributed by atoms with E-state index in [0.717, 1.165) is 25.7 Å². The summed E-state index contributed by atoms with van der Waals surface area (Å²) in [7, 11) is 0. The van der Waals surface area contributed by atoms with Crippen molar-refractivity contribution in [3.05, 3.63) is 0 Å². The Morgan fingerprint density at radius 3 is 1.94 bits per heavy atom. The molecule has 0 aromatic rings. The molecule has 0 aromatic carbocycles. The summed E-state index contributed by atoms with van der Waals surface area (Å²) >= 11 is 0. The normalized spacial score (nSPS) is 12.4. The van der Waals surface area contributed by atoms with Crippen molar-refractivity contribution in [2.75, 3.05) is 0 Å². The first-order valence-electron chi connectivity index (χ1n) is 6.54. The van der Waals surface area contributed by atoms with Crippen molar-refractivity contribution in [1.82, 2.24) is 0 Å². The van der Waals surface area contributed by atoms with Gasteiger partial charge in [-0.2, -0.15) is 0 Å². The van der Waals surface area contributed by atoms with Gasteiger partial charge < -0.3 is 10.8 Å². The standard InChI is InChI=1S/C14H27NO3/c1-13(2,7-5-6-11(15)16)8-9-14(3,4)10-12(17)18/h5-10H2,1-4H3,(H2,15,16)(H,17,18). The molecule has 0 saturated carbocycles. The molecule has 0 spiro atoms. The lowest BCUT2D eigenvalue weighted by Crippen LogP contribution is -2.21. The highest BCUT2D eigenvalue weighted by Crippen LogP contribution is 2.36. The van der Waals surface area contributed by atoms with E-state index < -0.39 is 5.97 Å². The molecule has 3 N–H and O–H groups in total. The third-order valence-electron chi connectivity index (χ3n) is 3.39. The number of carbonyl (C=O) groups is 2. The molecule has 0 aromatic heterocycles. The molecular weight excluding hydrogens is 230 g/mol. The molecule has 0 aliphatic carbocycles. The van der Waals surface area contributed by atoms with Gasteiger partial charge in [-0.1, -0.05) is 27.7 Å². The lowest BCUT2D eigenvalue weighted by atomic mass is 9.75. The van der Waals surface area contributed by atoms with Gasteiger partial charge in [-0.15, -0.1) is 0 Å². The van der Waals surface area contributed by atoms with E-state index in [9.17, 15) is 9.59 Å². The number of amides is 1. The maximum atomic E-state index is 10.7. The van der Waals surface area contributed by atoms with Crippen molar-refractivity contribution in [3.8, 4) is 0 Å². The Kier molecular flexibility index (Phi) is 6.36. The topological polar surface area (TPSA) is 80.4 Å². The minimum atomic E-state index is -0.744. The molecule has 18 heavy (non-hydrogen) atoms. The molecule has 106 valence electrons. The van der Waals surface area contributed by atoms with Crippen LogP contribution >= 0.6 is 0 Å². The zero-order valence-corrected chi connectivity index (χ0v) is 12.1. The van der Waals surface area contributed by atoms with Crippen LogP contribution in [0, 0.1) is 10.8 Å². The number of nitrogens with two attached hydrogens (primary N) is 1. The Balaban J connectivity index is 4.08. The molecule has 1 amide bonds. The Morgan fingerprint density at radius 1 is 1.00 bits per heavy atom. The van der Waals surface area contributed by atoms with E-state index >= 15 is 0 Å². The number of primary amides is 1. The van der Waals surface area contributed by atoms with E-state index in [1.807, 2.05) is 13.8 Å². The van der Waals surface area contributed by atoms with Crippen LogP contribution in [-0.2, 0) is 9.59 Å². The van der Waals surface area contributed by atoms with Gasteiger partial charge in [-0.05, 0) is 36.5 Å². The van der Waals surface area contributed by atoms with Crippen LogP contribution in [0.1, 0.15) is 66.2 Å². The number of rotatable bonds is 9. The van der Waals surface area contributed by atoms with E-state index in [0.29, 0.717) is 6.42 Å². The third kappa shape index (κ3) is 9.02. The minimum absolute atomic E-state index is 0.130. The molecule has 0 fully saturated rings. The molecule has 0 heterocycles. The van der Waals surface area contributed by atoms with Crippen LogP contribution in [0.25, 0.3) is 0 Å². The van der Waals surface area contributed by atoms with E-state index in [2.05, 4.69) is 13.8 Å². The van der Waals surface area contributed by atoms with Crippen molar-refractivity contribution in [2.45, 2.75) is 66.2 Å². The summed E-state index contributed by atoms with van der Waals surface area (Å²) in [6, 6.07) is 0. The molecule has 0 aliphatic rings. The fourth-order valence-electron chi connectivity index (χ4n) is 2.04. The fraction of sp³-hybridized carbons (Fsp3) is 0.857. The Hall–Kier alpha value is -1.06. The van der Waals surface area contributed by atoms with E-state index in [1.165, 1.54) is 0 Å². The summed E-state index contributed by atoms with van der Waals surface area (Å²) in [4.78, 5) is 21.4. The lowest BCUT2D eigenvalue weighted by molar-refractivity contribution is -0.139. The highest BCUT2D eigenvalue weighted by molar-refractivity contribution is 5.73. The maximum Gasteiger partial charge on any atom is 0.303 e. The molecule has 4 heteroatoms. The van der Waals surface area contributed by atoms with Crippen LogP contribution in [0.2, 0.25) is 0 Å². The summed E-state index contributed by atoms with van der Waals surface area (Å²) in [5.74, 6) is -0.997. The predicted octanol–water partition coefficient (Wildman–Crippen LogP) is 2.95. The number of hydrogen-bond acceptors (Lipinski definition) is 2. The number of hydrogen-bond donors (Lipinski definition) is 2. The molecule has 0 bridgehead atoms. The van der Waals surface area contributed by atoms with Gasteiger partial charge in [-0.3, -0.25) is 9.59 Å². The first kappa shape index (κ1) is 16.9. The molecule has 0 aliphatic heterocycles. The molecule has 0 saturated heterocycles. The Bertz CT molecular complexity index is 295. The first-order valence-corrected chi connectivity index (χ1v) is 6.54. The van der Waals surface area contributed by atoms with Gasteiger partial charge in [0.1, 0.15) is 0 Å². The highest BCUT2D eigenvalue weighted by atomic mass is 16.4. The van der Waals surface area contributed by atoms with Crippen molar-refractivity contribution >= 4 is 11.9 Å². The summed E-state index contributed by atoms with van der Waals surface area (Å²) in [6.45, 7) is 8.29. The van der Waals surface area contributed by atoms with Crippen molar-refractivity contribution in [2.24, 2.45) is 16.6 Å². The van der Waals surface area contributed by atoms with Crippen molar-refractivity contribution < 1.29 is 14.7 Å². The van der Waals surface area contributed by atoms with Crippen LogP contribution in [-0.4, -0.2) is 17.0 Å². The van der Waals surface area contributed by atoms with Gasteiger partial charge in [0.2, 0.25) is 5.91 Å². The van der Waals surface area contributed by atoms with Gasteiger partial charge in [0, 0.05) is 6.42 Å². The summed E-state index contributed by atoms with van der Waals surface area (Å²) in [5, 5.41) is 8.83. The van der Waals surface area contributed by atoms with Crippen LogP contribution in [0.15, 0.2) is 0 Å². The molecule has 4 nitrogen and oxygen atoms in total. The van der Waals surface area contributed by atoms with E-state index in [4.69, 9.17) is 10.8 Å².